The molecule has 1 aromatic carbocycles. The largest absolute Gasteiger partial charge is 0.313 e. The van der Waals surface area contributed by atoms with E-state index in [2.05, 4.69) is 49.5 Å². The molecule has 0 aliphatic heterocycles. The fourth-order valence-corrected chi connectivity index (χ4v) is 2.69. The monoisotopic (exact) mass is 289 g/mol. The van der Waals surface area contributed by atoms with Crippen LogP contribution in [0, 0.1) is 5.92 Å². The van der Waals surface area contributed by atoms with Gasteiger partial charge in [0.2, 0.25) is 0 Å². The van der Waals surface area contributed by atoms with Crippen LogP contribution in [0.2, 0.25) is 0 Å². The highest BCUT2D eigenvalue weighted by atomic mass is 14.8. The molecule has 1 heteroatoms. The molecule has 1 nitrogen and oxygen atoms in total. The molecule has 1 rings (SSSR count). The van der Waals surface area contributed by atoms with Gasteiger partial charge in [0.1, 0.15) is 0 Å². The van der Waals surface area contributed by atoms with Gasteiger partial charge in [-0.1, -0.05) is 95.5 Å². The number of hydrogen-bond acceptors (Lipinski definition) is 1. The third-order valence-corrected chi connectivity index (χ3v) is 4.06. The molecular formula is C20H35N. The minimum Gasteiger partial charge on any atom is -0.313 e. The lowest BCUT2D eigenvalue weighted by atomic mass is 10.0. The fourth-order valence-electron chi connectivity index (χ4n) is 2.69. The number of hydrogen-bond donors (Lipinski definition) is 1. The maximum Gasteiger partial charge on any atom is 0.0205 e. The molecule has 0 amide bonds. The van der Waals surface area contributed by atoms with Crippen LogP contribution in [0.3, 0.4) is 0 Å². The van der Waals surface area contributed by atoms with Gasteiger partial charge in [-0.25, -0.2) is 0 Å². The van der Waals surface area contributed by atoms with Crippen molar-refractivity contribution in [2.45, 2.75) is 78.2 Å². The first kappa shape index (κ1) is 18.2. The van der Waals surface area contributed by atoms with E-state index in [1.54, 1.807) is 0 Å². The van der Waals surface area contributed by atoms with Crippen molar-refractivity contribution in [1.29, 1.82) is 0 Å². The summed E-state index contributed by atoms with van der Waals surface area (Å²) in [6.07, 6.45) is 12.7. The van der Waals surface area contributed by atoms with Crippen LogP contribution >= 0.6 is 0 Å². The van der Waals surface area contributed by atoms with Gasteiger partial charge in [0.15, 0.2) is 0 Å². The number of benzene rings is 1. The summed E-state index contributed by atoms with van der Waals surface area (Å²) in [5.74, 6) is 0.883. The SMILES string of the molecule is CC(C)CCCCCCCCCCNCc1ccccc1. The molecular weight excluding hydrogens is 254 g/mol. The summed E-state index contributed by atoms with van der Waals surface area (Å²) in [5.41, 5.74) is 1.39. The van der Waals surface area contributed by atoms with E-state index in [4.69, 9.17) is 0 Å². The second-order valence-electron chi connectivity index (χ2n) is 6.67. The molecule has 0 saturated heterocycles. The first-order valence-electron chi connectivity index (χ1n) is 9.03. The Morgan fingerprint density at radius 2 is 1.33 bits per heavy atom. The Morgan fingerprint density at radius 1 is 0.762 bits per heavy atom. The number of unbranched alkanes of at least 4 members (excludes halogenated alkanes) is 7. The Labute approximate surface area is 132 Å². The second-order valence-corrected chi connectivity index (χ2v) is 6.67. The zero-order valence-electron chi connectivity index (χ0n) is 14.2. The van der Waals surface area contributed by atoms with Crippen molar-refractivity contribution >= 4 is 0 Å². The molecule has 0 aliphatic rings. The van der Waals surface area contributed by atoms with Crippen molar-refractivity contribution in [2.24, 2.45) is 5.92 Å². The summed E-state index contributed by atoms with van der Waals surface area (Å²) >= 11 is 0. The minimum absolute atomic E-state index is 0.883. The number of rotatable bonds is 13. The van der Waals surface area contributed by atoms with Crippen LogP contribution < -0.4 is 5.32 Å². The molecule has 0 atom stereocenters. The van der Waals surface area contributed by atoms with Crippen molar-refractivity contribution in [1.82, 2.24) is 5.32 Å². The molecule has 0 radical (unpaired) electrons. The quantitative estimate of drug-likeness (QED) is 0.443. The Morgan fingerprint density at radius 3 is 1.95 bits per heavy atom. The van der Waals surface area contributed by atoms with Crippen LogP contribution in [-0.4, -0.2) is 6.54 Å². The van der Waals surface area contributed by atoms with E-state index < -0.39 is 0 Å². The fraction of sp³-hybridized carbons (Fsp3) is 0.700. The van der Waals surface area contributed by atoms with Crippen molar-refractivity contribution in [2.75, 3.05) is 6.54 Å². The summed E-state index contributed by atoms with van der Waals surface area (Å²) in [6, 6.07) is 10.7. The first-order valence-corrected chi connectivity index (χ1v) is 9.03. The molecule has 0 fully saturated rings. The smallest absolute Gasteiger partial charge is 0.0205 e. The number of nitrogens with one attached hydrogen (secondary N) is 1. The summed E-state index contributed by atoms with van der Waals surface area (Å²) in [6.45, 7) is 6.82. The predicted molar refractivity (Wildman–Crippen MR) is 94.5 cm³/mol. The lowest BCUT2D eigenvalue weighted by molar-refractivity contribution is 0.505. The van der Waals surface area contributed by atoms with Crippen LogP contribution in [0.5, 0.6) is 0 Å². The average Bonchev–Trinajstić information content (AvgIpc) is 2.49. The van der Waals surface area contributed by atoms with E-state index in [9.17, 15) is 0 Å². The molecule has 0 bridgehead atoms. The summed E-state index contributed by atoms with van der Waals surface area (Å²) in [7, 11) is 0. The standard InChI is InChI=1S/C20H35N/c1-19(2)14-10-7-5-3-4-6-8-13-17-21-18-20-15-11-9-12-16-20/h9,11-12,15-16,19,21H,3-8,10,13-14,17-18H2,1-2H3. The highest BCUT2D eigenvalue weighted by molar-refractivity contribution is 5.14. The van der Waals surface area contributed by atoms with E-state index in [0.717, 1.165) is 19.0 Å². The van der Waals surface area contributed by atoms with Gasteiger partial charge in [-0.05, 0) is 24.4 Å². The summed E-state index contributed by atoms with van der Waals surface area (Å²) < 4.78 is 0. The molecule has 0 aromatic heterocycles. The van der Waals surface area contributed by atoms with Gasteiger partial charge in [-0.2, -0.15) is 0 Å². The lowest BCUT2D eigenvalue weighted by Crippen LogP contribution is -2.14. The molecule has 1 aromatic rings. The van der Waals surface area contributed by atoms with Crippen LogP contribution in [-0.2, 0) is 6.54 Å². The topological polar surface area (TPSA) is 12.0 Å². The molecule has 120 valence electrons. The Balaban J connectivity index is 1.77. The predicted octanol–water partition coefficient (Wildman–Crippen LogP) is 5.94. The average molecular weight is 290 g/mol. The van der Waals surface area contributed by atoms with Crippen LogP contribution in [0.4, 0.5) is 0 Å². The lowest BCUT2D eigenvalue weighted by Gasteiger charge is -2.06. The third kappa shape index (κ3) is 11.5. The molecule has 1 N–H and O–H groups in total. The van der Waals surface area contributed by atoms with E-state index in [1.807, 2.05) is 0 Å². The first-order chi connectivity index (χ1) is 10.3. The molecule has 0 aliphatic carbocycles. The van der Waals surface area contributed by atoms with Gasteiger partial charge in [-0.3, -0.25) is 0 Å². The maximum absolute atomic E-state index is 3.53. The van der Waals surface area contributed by atoms with Crippen molar-refractivity contribution in [3.05, 3.63) is 35.9 Å². The van der Waals surface area contributed by atoms with Crippen molar-refractivity contribution < 1.29 is 0 Å². The summed E-state index contributed by atoms with van der Waals surface area (Å²) in [5, 5.41) is 3.53. The normalized spacial score (nSPS) is 11.2. The van der Waals surface area contributed by atoms with Gasteiger partial charge in [-0.15, -0.1) is 0 Å². The minimum atomic E-state index is 0.883. The highest BCUT2D eigenvalue weighted by Gasteiger charge is 1.95. The van der Waals surface area contributed by atoms with Crippen molar-refractivity contribution in [3.8, 4) is 0 Å². The molecule has 0 heterocycles. The Kier molecular flexibility index (Phi) is 11.2. The van der Waals surface area contributed by atoms with Gasteiger partial charge in [0.25, 0.3) is 0 Å². The molecule has 0 unspecified atom stereocenters. The van der Waals surface area contributed by atoms with Gasteiger partial charge < -0.3 is 5.32 Å². The summed E-state index contributed by atoms with van der Waals surface area (Å²) in [4.78, 5) is 0. The van der Waals surface area contributed by atoms with Crippen LogP contribution in [0.1, 0.15) is 77.2 Å². The Hall–Kier alpha value is -0.820. The molecule has 0 saturated carbocycles. The highest BCUT2D eigenvalue weighted by Crippen LogP contribution is 2.12. The zero-order valence-corrected chi connectivity index (χ0v) is 14.2. The zero-order chi connectivity index (χ0) is 15.2. The van der Waals surface area contributed by atoms with Crippen LogP contribution in [0.15, 0.2) is 30.3 Å². The molecule has 21 heavy (non-hydrogen) atoms. The molecule has 0 spiro atoms. The third-order valence-electron chi connectivity index (χ3n) is 4.06. The second kappa shape index (κ2) is 12.9. The van der Waals surface area contributed by atoms with E-state index in [-0.39, 0.29) is 0 Å². The van der Waals surface area contributed by atoms with Gasteiger partial charge in [0.05, 0.1) is 0 Å². The maximum atomic E-state index is 3.53. The van der Waals surface area contributed by atoms with Gasteiger partial charge in [0, 0.05) is 6.54 Å². The van der Waals surface area contributed by atoms with E-state index in [1.165, 1.54) is 63.4 Å². The van der Waals surface area contributed by atoms with Crippen molar-refractivity contribution in [3.63, 3.8) is 0 Å². The van der Waals surface area contributed by atoms with E-state index in [0.29, 0.717) is 0 Å². The Bertz CT molecular complexity index is 318. The van der Waals surface area contributed by atoms with Crippen LogP contribution in [0.25, 0.3) is 0 Å². The van der Waals surface area contributed by atoms with E-state index >= 15 is 0 Å². The van der Waals surface area contributed by atoms with Gasteiger partial charge >= 0.3 is 0 Å².